The Labute approximate surface area is 168 Å². The normalized spacial score (nSPS) is 17.6. The number of hydrogen-bond acceptors (Lipinski definition) is 6. The number of ether oxygens (including phenoxy) is 2. The van der Waals surface area contributed by atoms with Crippen LogP contribution in [0.15, 0.2) is 30.6 Å². The second-order valence-corrected chi connectivity index (χ2v) is 7.30. The number of pyridine rings is 1. The minimum absolute atomic E-state index is 0.0647. The first kappa shape index (κ1) is 19.5. The standard InChI is InChI=1S/C21H23FN4O3/c1-13-10-26(6-7-29-13)12-14-4-5-16-17(15-9-23-25(2)11-15)8-18(21(27)28-3)24-20(16)19(14)22/h4-5,8-9,11,13H,6-7,10,12H2,1-3H3/t13-/m0/s1. The summed E-state index contributed by atoms with van der Waals surface area (Å²) in [7, 11) is 3.08. The maximum absolute atomic E-state index is 15.5. The number of benzene rings is 1. The third-order valence-corrected chi connectivity index (χ3v) is 5.13. The number of carbonyl (C=O) groups is 1. The van der Waals surface area contributed by atoms with Crippen LogP contribution in [-0.4, -0.2) is 58.5 Å². The molecular weight excluding hydrogens is 375 g/mol. The highest BCUT2D eigenvalue weighted by Gasteiger charge is 2.21. The number of carbonyl (C=O) groups excluding carboxylic acids is 1. The van der Waals surface area contributed by atoms with Crippen LogP contribution in [-0.2, 0) is 23.1 Å². The molecule has 1 aliphatic rings. The molecule has 0 N–H and O–H groups in total. The monoisotopic (exact) mass is 398 g/mol. The Kier molecular flexibility index (Phi) is 5.29. The van der Waals surface area contributed by atoms with Gasteiger partial charge >= 0.3 is 5.97 Å². The Balaban J connectivity index is 1.82. The van der Waals surface area contributed by atoms with Crippen LogP contribution in [0.4, 0.5) is 4.39 Å². The third kappa shape index (κ3) is 3.86. The van der Waals surface area contributed by atoms with Gasteiger partial charge in [0.15, 0.2) is 5.82 Å². The molecule has 2 aromatic heterocycles. The van der Waals surface area contributed by atoms with Gasteiger partial charge in [-0.25, -0.2) is 14.2 Å². The van der Waals surface area contributed by atoms with Crippen molar-refractivity contribution in [1.29, 1.82) is 0 Å². The fourth-order valence-corrected chi connectivity index (χ4v) is 3.71. The third-order valence-electron chi connectivity index (χ3n) is 5.13. The molecule has 0 amide bonds. The molecule has 0 spiro atoms. The molecule has 0 aliphatic carbocycles. The SMILES string of the molecule is COC(=O)c1cc(-c2cnn(C)c2)c2ccc(CN3CCO[C@@H](C)C3)c(F)c2n1. The van der Waals surface area contributed by atoms with Gasteiger partial charge in [0.25, 0.3) is 0 Å². The summed E-state index contributed by atoms with van der Waals surface area (Å²) >= 11 is 0. The Hall–Kier alpha value is -2.84. The molecule has 0 bridgehead atoms. The van der Waals surface area contributed by atoms with Gasteiger partial charge in [-0.3, -0.25) is 9.58 Å². The van der Waals surface area contributed by atoms with E-state index in [0.717, 1.165) is 18.7 Å². The van der Waals surface area contributed by atoms with Crippen molar-refractivity contribution in [3.63, 3.8) is 0 Å². The zero-order chi connectivity index (χ0) is 20.5. The summed E-state index contributed by atoms with van der Waals surface area (Å²) in [4.78, 5) is 18.6. The lowest BCUT2D eigenvalue weighted by Crippen LogP contribution is -2.40. The molecule has 3 heterocycles. The summed E-state index contributed by atoms with van der Waals surface area (Å²) in [6, 6.07) is 5.26. The van der Waals surface area contributed by atoms with Crippen molar-refractivity contribution >= 4 is 16.9 Å². The molecule has 1 atom stereocenters. The molecule has 1 fully saturated rings. The molecule has 152 valence electrons. The fourth-order valence-electron chi connectivity index (χ4n) is 3.71. The number of rotatable bonds is 4. The Morgan fingerprint density at radius 3 is 2.93 bits per heavy atom. The molecule has 29 heavy (non-hydrogen) atoms. The van der Waals surface area contributed by atoms with Crippen molar-refractivity contribution < 1.29 is 18.7 Å². The van der Waals surface area contributed by atoms with E-state index in [1.807, 2.05) is 19.2 Å². The van der Waals surface area contributed by atoms with Gasteiger partial charge in [0.1, 0.15) is 11.2 Å². The second kappa shape index (κ2) is 7.88. The lowest BCUT2D eigenvalue weighted by atomic mass is 10.0. The van der Waals surface area contributed by atoms with Gasteiger partial charge in [0, 0.05) is 49.4 Å². The summed E-state index contributed by atoms with van der Waals surface area (Å²) in [5.41, 5.74) is 2.23. The molecule has 4 rings (SSSR count). The molecule has 0 unspecified atom stereocenters. The van der Waals surface area contributed by atoms with Crippen LogP contribution >= 0.6 is 0 Å². The number of morpholine rings is 1. The zero-order valence-corrected chi connectivity index (χ0v) is 16.7. The molecule has 3 aromatic rings. The van der Waals surface area contributed by atoms with E-state index in [9.17, 15) is 4.79 Å². The minimum Gasteiger partial charge on any atom is -0.464 e. The topological polar surface area (TPSA) is 69.5 Å². The van der Waals surface area contributed by atoms with Crippen LogP contribution in [0.3, 0.4) is 0 Å². The number of halogens is 1. The van der Waals surface area contributed by atoms with Crippen molar-refractivity contribution in [2.45, 2.75) is 19.6 Å². The quantitative estimate of drug-likeness (QED) is 0.630. The summed E-state index contributed by atoms with van der Waals surface area (Å²) in [6.45, 7) is 4.59. The number of aromatic nitrogens is 3. The highest BCUT2D eigenvalue weighted by molar-refractivity contribution is 5.99. The van der Waals surface area contributed by atoms with Gasteiger partial charge in [-0.2, -0.15) is 5.10 Å². The van der Waals surface area contributed by atoms with Crippen molar-refractivity contribution in [2.24, 2.45) is 7.05 Å². The maximum atomic E-state index is 15.5. The summed E-state index contributed by atoms with van der Waals surface area (Å²) < 4.78 is 27.5. The number of methoxy groups -OCH3 is 1. The summed E-state index contributed by atoms with van der Waals surface area (Å²) in [5.74, 6) is -1.03. The van der Waals surface area contributed by atoms with E-state index in [1.54, 1.807) is 30.1 Å². The van der Waals surface area contributed by atoms with Crippen molar-refractivity contribution in [3.05, 3.63) is 47.7 Å². The van der Waals surface area contributed by atoms with Gasteiger partial charge in [-0.05, 0) is 18.6 Å². The number of esters is 1. The molecule has 8 heteroatoms. The van der Waals surface area contributed by atoms with Crippen molar-refractivity contribution in [1.82, 2.24) is 19.7 Å². The predicted octanol–water partition coefficient (Wildman–Crippen LogP) is 2.78. The number of hydrogen-bond donors (Lipinski definition) is 0. The second-order valence-electron chi connectivity index (χ2n) is 7.30. The van der Waals surface area contributed by atoms with Crippen LogP contribution in [0.1, 0.15) is 23.0 Å². The molecule has 7 nitrogen and oxygen atoms in total. The largest absolute Gasteiger partial charge is 0.464 e. The summed E-state index contributed by atoms with van der Waals surface area (Å²) in [6.07, 6.45) is 3.61. The van der Waals surface area contributed by atoms with Crippen molar-refractivity contribution in [3.8, 4) is 11.1 Å². The Morgan fingerprint density at radius 2 is 2.24 bits per heavy atom. The molecule has 1 saturated heterocycles. The first-order valence-electron chi connectivity index (χ1n) is 9.49. The minimum atomic E-state index is -0.608. The molecule has 1 aliphatic heterocycles. The highest BCUT2D eigenvalue weighted by Crippen LogP contribution is 2.31. The number of aryl methyl sites for hydroxylation is 1. The highest BCUT2D eigenvalue weighted by atomic mass is 19.1. The summed E-state index contributed by atoms with van der Waals surface area (Å²) in [5, 5.41) is 4.81. The first-order valence-corrected chi connectivity index (χ1v) is 9.49. The van der Waals surface area contributed by atoms with Gasteiger partial charge < -0.3 is 9.47 Å². The van der Waals surface area contributed by atoms with Crippen LogP contribution in [0.2, 0.25) is 0 Å². The van der Waals surface area contributed by atoms with Crippen LogP contribution < -0.4 is 0 Å². The van der Waals surface area contributed by atoms with E-state index in [-0.39, 0.29) is 17.3 Å². The molecule has 1 aromatic carbocycles. The molecule has 0 radical (unpaired) electrons. The number of fused-ring (bicyclic) bond motifs is 1. The van der Waals surface area contributed by atoms with Crippen LogP contribution in [0.5, 0.6) is 0 Å². The van der Waals surface area contributed by atoms with Crippen LogP contribution in [0, 0.1) is 5.82 Å². The lowest BCUT2D eigenvalue weighted by Gasteiger charge is -2.31. The van der Waals surface area contributed by atoms with E-state index >= 15 is 4.39 Å². The van der Waals surface area contributed by atoms with Gasteiger partial charge in [-0.15, -0.1) is 0 Å². The number of nitrogens with zero attached hydrogens (tertiary/aromatic N) is 4. The van der Waals surface area contributed by atoms with E-state index in [2.05, 4.69) is 15.0 Å². The van der Waals surface area contributed by atoms with Gasteiger partial charge in [0.05, 0.1) is 26.0 Å². The fraction of sp³-hybridized carbons (Fsp3) is 0.381. The predicted molar refractivity (Wildman–Crippen MR) is 106 cm³/mol. The molecular formula is C21H23FN4O3. The lowest BCUT2D eigenvalue weighted by molar-refractivity contribution is -0.0214. The van der Waals surface area contributed by atoms with Crippen molar-refractivity contribution in [2.75, 3.05) is 26.8 Å². The molecule has 0 saturated carbocycles. The first-order chi connectivity index (χ1) is 14.0. The van der Waals surface area contributed by atoms with Gasteiger partial charge in [-0.1, -0.05) is 12.1 Å². The van der Waals surface area contributed by atoms with Crippen LogP contribution in [0.25, 0.3) is 22.0 Å². The van der Waals surface area contributed by atoms with E-state index in [0.29, 0.717) is 29.7 Å². The average Bonchev–Trinajstić information content (AvgIpc) is 3.15. The Morgan fingerprint density at radius 1 is 1.41 bits per heavy atom. The van der Waals surface area contributed by atoms with E-state index < -0.39 is 11.8 Å². The Bertz CT molecular complexity index is 1070. The average molecular weight is 398 g/mol. The zero-order valence-electron chi connectivity index (χ0n) is 16.7. The smallest absolute Gasteiger partial charge is 0.356 e. The van der Waals surface area contributed by atoms with Gasteiger partial charge in [0.2, 0.25) is 0 Å². The maximum Gasteiger partial charge on any atom is 0.356 e. The van der Waals surface area contributed by atoms with E-state index in [4.69, 9.17) is 9.47 Å². The van der Waals surface area contributed by atoms with E-state index in [1.165, 1.54) is 7.11 Å².